The van der Waals surface area contributed by atoms with E-state index in [4.69, 9.17) is 4.99 Å². The molecule has 1 aliphatic rings. The van der Waals surface area contributed by atoms with Crippen molar-refractivity contribution in [2.24, 2.45) is 9.98 Å². The molecule has 1 saturated heterocycles. The Kier molecular flexibility index (Phi) is 18.7. The van der Waals surface area contributed by atoms with Crippen molar-refractivity contribution in [2.75, 3.05) is 13.1 Å². The lowest BCUT2D eigenvalue weighted by molar-refractivity contribution is -0.131. The molecule has 1 unspecified atom stereocenters. The quantitative estimate of drug-likeness (QED) is 0.114. The number of carbonyl (C=O) groups excluding carboxylic acids is 1. The van der Waals surface area contributed by atoms with Crippen molar-refractivity contribution < 1.29 is 4.79 Å². The van der Waals surface area contributed by atoms with Crippen LogP contribution in [0, 0.1) is 0 Å². The van der Waals surface area contributed by atoms with Crippen molar-refractivity contribution in [3.8, 4) is 0 Å². The van der Waals surface area contributed by atoms with Gasteiger partial charge in [0.15, 0.2) is 0 Å². The molecule has 1 amide bonds. The Balaban J connectivity index is 2.20. The minimum absolute atomic E-state index is 0.239. The van der Waals surface area contributed by atoms with Crippen LogP contribution in [0.3, 0.4) is 0 Å². The van der Waals surface area contributed by atoms with Crippen molar-refractivity contribution in [3.63, 3.8) is 0 Å². The van der Waals surface area contributed by atoms with Gasteiger partial charge in [0.1, 0.15) is 0 Å². The summed E-state index contributed by atoms with van der Waals surface area (Å²) in [5.74, 6) is 0.278. The van der Waals surface area contributed by atoms with Crippen molar-refractivity contribution >= 4 is 17.8 Å². The van der Waals surface area contributed by atoms with E-state index in [1.165, 1.54) is 0 Å². The van der Waals surface area contributed by atoms with Crippen LogP contribution in [-0.2, 0) is 4.79 Å². The smallest absolute Gasteiger partial charge is 0.222 e. The number of allylic oxidation sites excluding steroid dienone is 11. The van der Waals surface area contributed by atoms with Crippen LogP contribution >= 0.6 is 0 Å². The van der Waals surface area contributed by atoms with Crippen molar-refractivity contribution in [1.82, 2.24) is 4.90 Å². The summed E-state index contributed by atoms with van der Waals surface area (Å²) >= 11 is 0. The summed E-state index contributed by atoms with van der Waals surface area (Å²) in [5.41, 5.74) is 2.07. The van der Waals surface area contributed by atoms with Crippen LogP contribution in [-0.4, -0.2) is 41.9 Å². The molecule has 1 rings (SSSR count). The Morgan fingerprint density at radius 1 is 0.889 bits per heavy atom. The van der Waals surface area contributed by atoms with Gasteiger partial charge in [-0.25, -0.2) is 0 Å². The Labute approximate surface area is 221 Å². The number of likely N-dealkylation sites (tertiary alicyclic amines) is 1. The van der Waals surface area contributed by atoms with Crippen LogP contribution in [0.1, 0.15) is 91.9 Å². The molecule has 0 aromatic rings. The lowest BCUT2D eigenvalue weighted by Gasteiger charge is -2.23. The van der Waals surface area contributed by atoms with E-state index in [9.17, 15) is 4.79 Å². The van der Waals surface area contributed by atoms with Gasteiger partial charge in [0.25, 0.3) is 0 Å². The first-order chi connectivity index (χ1) is 17.6. The van der Waals surface area contributed by atoms with Crippen LogP contribution in [0.5, 0.6) is 0 Å². The lowest BCUT2D eigenvalue weighted by atomic mass is 10.1. The molecule has 1 atom stereocenters. The molecular weight excluding hydrogens is 442 g/mol. The van der Waals surface area contributed by atoms with Crippen molar-refractivity contribution in [2.45, 2.75) is 97.9 Å². The Morgan fingerprint density at radius 3 is 2.06 bits per heavy atom. The van der Waals surface area contributed by atoms with E-state index in [0.717, 1.165) is 75.6 Å². The highest BCUT2D eigenvalue weighted by Crippen LogP contribution is 2.20. The van der Waals surface area contributed by atoms with E-state index in [1.807, 2.05) is 27.0 Å². The van der Waals surface area contributed by atoms with Gasteiger partial charge in [0, 0.05) is 31.1 Å². The summed E-state index contributed by atoms with van der Waals surface area (Å²) in [6.07, 6.45) is 35.4. The monoisotopic (exact) mass is 491 g/mol. The minimum atomic E-state index is 0.239. The summed E-state index contributed by atoms with van der Waals surface area (Å²) < 4.78 is 0. The molecule has 36 heavy (non-hydrogen) atoms. The maximum Gasteiger partial charge on any atom is 0.222 e. The first kappa shape index (κ1) is 31.3. The molecule has 0 aromatic carbocycles. The molecule has 4 heteroatoms. The first-order valence-electron chi connectivity index (χ1n) is 13.8. The second-order valence-corrected chi connectivity index (χ2v) is 9.13. The lowest BCUT2D eigenvalue weighted by Crippen LogP contribution is -2.37. The Bertz CT molecular complexity index is 839. The van der Waals surface area contributed by atoms with Crippen LogP contribution in [0.2, 0.25) is 0 Å². The number of unbranched alkanes of at least 4 members (excludes halogenated alkanes) is 1. The molecule has 0 aliphatic carbocycles. The van der Waals surface area contributed by atoms with E-state index in [0.29, 0.717) is 13.0 Å². The predicted octanol–water partition coefficient (Wildman–Crippen LogP) is 8.35. The highest BCUT2D eigenvalue weighted by molar-refractivity contribution is 5.97. The third-order valence-corrected chi connectivity index (χ3v) is 6.14. The van der Waals surface area contributed by atoms with Crippen molar-refractivity contribution in [3.05, 3.63) is 72.5 Å². The molecule has 1 aliphatic heterocycles. The van der Waals surface area contributed by atoms with E-state index in [2.05, 4.69) is 77.6 Å². The highest BCUT2D eigenvalue weighted by Gasteiger charge is 2.27. The van der Waals surface area contributed by atoms with Gasteiger partial charge in [0.05, 0.1) is 12.6 Å². The summed E-state index contributed by atoms with van der Waals surface area (Å²) in [5, 5.41) is 0. The van der Waals surface area contributed by atoms with Crippen LogP contribution in [0.25, 0.3) is 0 Å². The van der Waals surface area contributed by atoms with E-state index >= 15 is 0 Å². The van der Waals surface area contributed by atoms with Gasteiger partial charge in [-0.2, -0.15) is 0 Å². The van der Waals surface area contributed by atoms with Crippen LogP contribution in [0.15, 0.2) is 82.5 Å². The molecule has 1 fully saturated rings. The molecule has 198 valence electrons. The van der Waals surface area contributed by atoms with Gasteiger partial charge in [0.2, 0.25) is 5.91 Å². The molecule has 4 nitrogen and oxygen atoms in total. The van der Waals surface area contributed by atoms with Crippen LogP contribution in [0.4, 0.5) is 0 Å². The molecule has 0 radical (unpaired) electrons. The number of aliphatic imine (C=N–C) groups is 2. The fraction of sp³-hybridized carbons (Fsp3) is 0.531. The summed E-state index contributed by atoms with van der Waals surface area (Å²) in [4.78, 5) is 23.7. The SMILES string of the molecule is CC=N/C=C(\C)C(C)=NCC1CCCN1C(=O)CCCC=CCC=CCC=CCC=CCC=CCC. The summed E-state index contributed by atoms with van der Waals surface area (Å²) in [7, 11) is 0. The standard InChI is InChI=1S/C32H49N3O/c1-5-7-8-9-10-11-12-13-14-15-16-17-18-19-20-21-22-25-32(36)35-26-23-24-31(35)28-34-30(4)29(3)27-33-6-2/h6-8,10-11,13-14,16-17,19-20,27,31H,5,9,12,15,18,21-26,28H2,1-4H3/b8-7?,11-10?,14-13?,17-16?,20-19?,29-27+,33-6?,34-30?. The van der Waals surface area contributed by atoms with Crippen LogP contribution < -0.4 is 0 Å². The zero-order valence-electron chi connectivity index (χ0n) is 23.2. The van der Waals surface area contributed by atoms with Gasteiger partial charge in [-0.05, 0) is 84.1 Å². The minimum Gasteiger partial charge on any atom is -0.338 e. The van der Waals surface area contributed by atoms with Gasteiger partial charge in [-0.15, -0.1) is 0 Å². The van der Waals surface area contributed by atoms with E-state index < -0.39 is 0 Å². The maximum atomic E-state index is 12.7. The molecule has 0 spiro atoms. The number of rotatable bonds is 17. The van der Waals surface area contributed by atoms with Gasteiger partial charge in [-0.1, -0.05) is 67.7 Å². The number of nitrogens with zero attached hydrogens (tertiary/aromatic N) is 3. The molecule has 0 aromatic heterocycles. The zero-order valence-corrected chi connectivity index (χ0v) is 23.2. The number of hydrogen-bond donors (Lipinski definition) is 0. The normalized spacial score (nSPS) is 18.1. The molecule has 0 bridgehead atoms. The molecule has 0 N–H and O–H groups in total. The fourth-order valence-corrected chi connectivity index (χ4v) is 3.88. The van der Waals surface area contributed by atoms with E-state index in [1.54, 1.807) is 6.21 Å². The van der Waals surface area contributed by atoms with Gasteiger partial charge < -0.3 is 4.90 Å². The first-order valence-corrected chi connectivity index (χ1v) is 13.8. The largest absolute Gasteiger partial charge is 0.338 e. The number of carbonyl (C=O) groups is 1. The summed E-state index contributed by atoms with van der Waals surface area (Å²) in [6.45, 7) is 9.66. The third-order valence-electron chi connectivity index (χ3n) is 6.14. The second kappa shape index (κ2) is 21.5. The van der Waals surface area contributed by atoms with E-state index in [-0.39, 0.29) is 11.9 Å². The fourth-order valence-electron chi connectivity index (χ4n) is 3.88. The average molecular weight is 492 g/mol. The topological polar surface area (TPSA) is 45.0 Å². The second-order valence-electron chi connectivity index (χ2n) is 9.13. The molecule has 0 saturated carbocycles. The highest BCUT2D eigenvalue weighted by atomic mass is 16.2. The zero-order chi connectivity index (χ0) is 26.3. The Morgan fingerprint density at radius 2 is 1.47 bits per heavy atom. The maximum absolute atomic E-state index is 12.7. The predicted molar refractivity (Wildman–Crippen MR) is 159 cm³/mol. The third kappa shape index (κ3) is 15.3. The van der Waals surface area contributed by atoms with Gasteiger partial charge >= 0.3 is 0 Å². The van der Waals surface area contributed by atoms with Crippen molar-refractivity contribution in [1.29, 1.82) is 0 Å². The molecular formula is C32H49N3O. The van der Waals surface area contributed by atoms with Gasteiger partial charge in [-0.3, -0.25) is 14.8 Å². The number of amides is 1. The summed E-state index contributed by atoms with van der Waals surface area (Å²) in [6, 6.07) is 0.239. The number of hydrogen-bond acceptors (Lipinski definition) is 3. The average Bonchev–Trinajstić information content (AvgIpc) is 3.36. The molecule has 1 heterocycles. The Hall–Kier alpha value is -2.75.